The van der Waals surface area contributed by atoms with Crippen molar-refractivity contribution in [3.8, 4) is 5.75 Å². The predicted octanol–water partition coefficient (Wildman–Crippen LogP) is 2.97. The van der Waals surface area contributed by atoms with E-state index in [0.717, 1.165) is 0 Å². The van der Waals surface area contributed by atoms with Crippen molar-refractivity contribution in [3.63, 3.8) is 0 Å². The number of nitrogens with zero attached hydrogens (tertiary/aromatic N) is 1. The Kier molecular flexibility index (Phi) is 3.40. The summed E-state index contributed by atoms with van der Waals surface area (Å²) in [5.74, 6) is 0.209. The Bertz CT molecular complexity index is 540. The fourth-order valence-corrected chi connectivity index (χ4v) is 1.77. The summed E-state index contributed by atoms with van der Waals surface area (Å²) < 4.78 is 5.14. The first-order chi connectivity index (χ1) is 8.24. The van der Waals surface area contributed by atoms with Gasteiger partial charge in [0.2, 0.25) is 5.78 Å². The van der Waals surface area contributed by atoms with Crippen LogP contribution < -0.4 is 4.74 Å². The van der Waals surface area contributed by atoms with Crippen molar-refractivity contribution in [2.45, 2.75) is 0 Å². The van der Waals surface area contributed by atoms with Gasteiger partial charge in [-0.1, -0.05) is 23.7 Å². The van der Waals surface area contributed by atoms with Gasteiger partial charge in [-0.3, -0.25) is 9.78 Å². The zero-order valence-corrected chi connectivity index (χ0v) is 9.94. The zero-order chi connectivity index (χ0) is 12.3. The predicted molar refractivity (Wildman–Crippen MR) is 65.7 cm³/mol. The van der Waals surface area contributed by atoms with Crippen LogP contribution in [0.3, 0.4) is 0 Å². The Hall–Kier alpha value is -1.87. The van der Waals surface area contributed by atoms with E-state index in [9.17, 15) is 4.79 Å². The van der Waals surface area contributed by atoms with Crippen LogP contribution in [-0.4, -0.2) is 17.9 Å². The molecule has 2 aromatic rings. The second-order valence-electron chi connectivity index (χ2n) is 3.36. The SMILES string of the molecule is COc1cccc(Cl)c1C(=O)c1ccccn1. The average Bonchev–Trinajstić information content (AvgIpc) is 2.38. The molecule has 0 saturated heterocycles. The molecule has 0 bridgehead atoms. The summed E-state index contributed by atoms with van der Waals surface area (Å²) in [6.45, 7) is 0. The maximum atomic E-state index is 12.2. The fourth-order valence-electron chi connectivity index (χ4n) is 1.52. The van der Waals surface area contributed by atoms with Gasteiger partial charge in [0, 0.05) is 6.20 Å². The lowest BCUT2D eigenvalue weighted by molar-refractivity contribution is 0.103. The number of ether oxygens (including phenoxy) is 1. The van der Waals surface area contributed by atoms with Crippen molar-refractivity contribution in [3.05, 3.63) is 58.9 Å². The molecule has 0 fully saturated rings. The molecule has 0 radical (unpaired) electrons. The number of hydrogen-bond donors (Lipinski definition) is 0. The smallest absolute Gasteiger partial charge is 0.216 e. The summed E-state index contributed by atoms with van der Waals surface area (Å²) in [5.41, 5.74) is 0.689. The van der Waals surface area contributed by atoms with Gasteiger partial charge in [-0.05, 0) is 24.3 Å². The van der Waals surface area contributed by atoms with Crippen LogP contribution in [0.5, 0.6) is 5.75 Å². The third-order valence-electron chi connectivity index (χ3n) is 2.32. The molecule has 0 atom stereocenters. The van der Waals surface area contributed by atoms with Gasteiger partial charge < -0.3 is 4.74 Å². The molecule has 0 aliphatic heterocycles. The minimum atomic E-state index is -0.243. The molecule has 1 heterocycles. The van der Waals surface area contributed by atoms with Gasteiger partial charge >= 0.3 is 0 Å². The Morgan fingerprint density at radius 2 is 2.06 bits per heavy atom. The average molecular weight is 248 g/mol. The van der Waals surface area contributed by atoms with Gasteiger partial charge in [0.25, 0.3) is 0 Å². The largest absolute Gasteiger partial charge is 0.496 e. The number of rotatable bonds is 3. The molecule has 3 nitrogen and oxygen atoms in total. The Labute approximate surface area is 104 Å². The third kappa shape index (κ3) is 2.29. The quantitative estimate of drug-likeness (QED) is 0.783. The monoisotopic (exact) mass is 247 g/mol. The summed E-state index contributed by atoms with van der Waals surface area (Å²) in [5, 5.41) is 0.361. The maximum absolute atomic E-state index is 12.2. The van der Waals surface area contributed by atoms with E-state index in [1.165, 1.54) is 7.11 Å². The number of pyridine rings is 1. The van der Waals surface area contributed by atoms with Crippen LogP contribution in [0, 0.1) is 0 Å². The number of hydrogen-bond acceptors (Lipinski definition) is 3. The number of ketones is 1. The van der Waals surface area contributed by atoms with Crippen LogP contribution in [0.15, 0.2) is 42.6 Å². The molecule has 86 valence electrons. The second-order valence-corrected chi connectivity index (χ2v) is 3.77. The van der Waals surface area contributed by atoms with E-state index in [0.29, 0.717) is 22.0 Å². The Morgan fingerprint density at radius 1 is 1.24 bits per heavy atom. The molecule has 2 rings (SSSR count). The van der Waals surface area contributed by atoms with Gasteiger partial charge in [-0.25, -0.2) is 0 Å². The van der Waals surface area contributed by atoms with E-state index in [1.807, 2.05) is 0 Å². The molecule has 0 aliphatic carbocycles. The number of methoxy groups -OCH3 is 1. The molecule has 0 saturated carbocycles. The van der Waals surface area contributed by atoms with Crippen molar-refractivity contribution >= 4 is 17.4 Å². The topological polar surface area (TPSA) is 39.2 Å². The summed E-state index contributed by atoms with van der Waals surface area (Å²) in [4.78, 5) is 16.2. The Morgan fingerprint density at radius 3 is 2.71 bits per heavy atom. The van der Waals surface area contributed by atoms with Gasteiger partial charge in [-0.2, -0.15) is 0 Å². The molecule has 1 aromatic heterocycles. The van der Waals surface area contributed by atoms with Crippen LogP contribution in [0.4, 0.5) is 0 Å². The zero-order valence-electron chi connectivity index (χ0n) is 9.18. The number of benzene rings is 1. The number of carbonyl (C=O) groups is 1. The van der Waals surface area contributed by atoms with Crippen molar-refractivity contribution in [2.24, 2.45) is 0 Å². The van der Waals surface area contributed by atoms with Crippen LogP contribution in [0.2, 0.25) is 5.02 Å². The molecule has 0 amide bonds. The number of aromatic nitrogens is 1. The molecular formula is C13H10ClNO2. The highest BCUT2D eigenvalue weighted by atomic mass is 35.5. The molecule has 1 aromatic carbocycles. The van der Waals surface area contributed by atoms with Crippen molar-refractivity contribution in [1.82, 2.24) is 4.98 Å². The van der Waals surface area contributed by atoms with E-state index in [4.69, 9.17) is 16.3 Å². The van der Waals surface area contributed by atoms with Crippen LogP contribution in [0.1, 0.15) is 16.1 Å². The van der Waals surface area contributed by atoms with E-state index < -0.39 is 0 Å². The number of carbonyl (C=O) groups excluding carboxylic acids is 1. The lowest BCUT2D eigenvalue weighted by Gasteiger charge is -2.08. The molecule has 0 spiro atoms. The molecule has 17 heavy (non-hydrogen) atoms. The van der Waals surface area contributed by atoms with Crippen LogP contribution >= 0.6 is 11.6 Å². The van der Waals surface area contributed by atoms with E-state index in [1.54, 1.807) is 42.6 Å². The van der Waals surface area contributed by atoms with Crippen LogP contribution in [0.25, 0.3) is 0 Å². The Balaban J connectivity index is 2.51. The number of halogens is 1. The minimum Gasteiger partial charge on any atom is -0.496 e. The van der Waals surface area contributed by atoms with Gasteiger partial charge in [-0.15, -0.1) is 0 Å². The summed E-state index contributed by atoms with van der Waals surface area (Å²) in [6, 6.07) is 10.2. The molecule has 0 unspecified atom stereocenters. The fraction of sp³-hybridized carbons (Fsp3) is 0.0769. The first-order valence-electron chi connectivity index (χ1n) is 5.02. The van der Waals surface area contributed by atoms with E-state index >= 15 is 0 Å². The molecule has 0 N–H and O–H groups in total. The van der Waals surface area contributed by atoms with E-state index in [-0.39, 0.29) is 5.78 Å². The van der Waals surface area contributed by atoms with Crippen molar-refractivity contribution in [1.29, 1.82) is 0 Å². The lowest BCUT2D eigenvalue weighted by atomic mass is 10.1. The lowest BCUT2D eigenvalue weighted by Crippen LogP contribution is -2.06. The highest BCUT2D eigenvalue weighted by Gasteiger charge is 2.18. The molecule has 4 heteroatoms. The van der Waals surface area contributed by atoms with Gasteiger partial charge in [0.05, 0.1) is 17.7 Å². The van der Waals surface area contributed by atoms with Gasteiger partial charge in [0.1, 0.15) is 11.4 Å². The summed E-state index contributed by atoms with van der Waals surface area (Å²) in [6.07, 6.45) is 1.57. The van der Waals surface area contributed by atoms with Crippen molar-refractivity contribution in [2.75, 3.05) is 7.11 Å². The second kappa shape index (κ2) is 4.97. The van der Waals surface area contributed by atoms with E-state index in [2.05, 4.69) is 4.98 Å². The molecule has 0 aliphatic rings. The highest BCUT2D eigenvalue weighted by molar-refractivity contribution is 6.35. The maximum Gasteiger partial charge on any atom is 0.216 e. The molecular weight excluding hydrogens is 238 g/mol. The standard InChI is InChI=1S/C13H10ClNO2/c1-17-11-7-4-5-9(14)12(11)13(16)10-6-2-3-8-15-10/h2-8H,1H3. The van der Waals surface area contributed by atoms with Crippen LogP contribution in [-0.2, 0) is 0 Å². The first-order valence-corrected chi connectivity index (χ1v) is 5.40. The van der Waals surface area contributed by atoms with Gasteiger partial charge in [0.15, 0.2) is 0 Å². The third-order valence-corrected chi connectivity index (χ3v) is 2.63. The summed E-state index contributed by atoms with van der Waals surface area (Å²) >= 11 is 6.02. The normalized spacial score (nSPS) is 10.0. The first kappa shape index (κ1) is 11.6. The summed E-state index contributed by atoms with van der Waals surface area (Å²) in [7, 11) is 1.50. The van der Waals surface area contributed by atoms with Crippen molar-refractivity contribution < 1.29 is 9.53 Å². The highest BCUT2D eigenvalue weighted by Crippen LogP contribution is 2.28. The minimum absolute atomic E-state index is 0.243.